The monoisotopic (exact) mass is 457 g/mol. The third-order valence-corrected chi connectivity index (χ3v) is 6.44. The predicted molar refractivity (Wildman–Crippen MR) is 115 cm³/mol. The number of carbonyl (C=O) groups is 1. The van der Waals surface area contributed by atoms with Crippen molar-refractivity contribution in [3.05, 3.63) is 80.0 Å². The zero-order chi connectivity index (χ0) is 19.7. The van der Waals surface area contributed by atoms with Crippen molar-refractivity contribution in [1.82, 2.24) is 4.90 Å². The number of ether oxygens (including phenoxy) is 2. The zero-order valence-electron chi connectivity index (χ0n) is 15.6. The molecule has 0 bridgehead atoms. The molecule has 0 spiro atoms. The normalized spacial score (nSPS) is 15.8. The summed E-state index contributed by atoms with van der Waals surface area (Å²) in [6.45, 7) is 0.649. The Morgan fingerprint density at radius 1 is 1.11 bits per heavy atom. The Kier molecular flexibility index (Phi) is 5.42. The molecule has 6 heteroatoms. The number of hydrogen-bond acceptors (Lipinski definition) is 4. The average Bonchev–Trinajstić information content (AvgIpc) is 3.25. The van der Waals surface area contributed by atoms with Crippen LogP contribution in [0.3, 0.4) is 0 Å². The SMILES string of the molecule is COc1cc2c(cc1OC)C(c1cccs1)N(C(=O)c1cccc(Br)c1)CC2. The van der Waals surface area contributed by atoms with Gasteiger partial charge in [-0.3, -0.25) is 4.79 Å². The van der Waals surface area contributed by atoms with Gasteiger partial charge >= 0.3 is 0 Å². The summed E-state index contributed by atoms with van der Waals surface area (Å²) >= 11 is 5.13. The Balaban J connectivity index is 1.82. The molecule has 1 aromatic heterocycles. The fourth-order valence-corrected chi connectivity index (χ4v) is 4.96. The lowest BCUT2D eigenvalue weighted by Gasteiger charge is -2.37. The van der Waals surface area contributed by atoms with Crippen LogP contribution in [-0.2, 0) is 6.42 Å². The highest BCUT2D eigenvalue weighted by molar-refractivity contribution is 9.10. The minimum absolute atomic E-state index is 0.0279. The number of benzene rings is 2. The summed E-state index contributed by atoms with van der Waals surface area (Å²) in [6.07, 6.45) is 0.775. The first-order valence-corrected chi connectivity index (χ1v) is 10.6. The van der Waals surface area contributed by atoms with Crippen LogP contribution in [0.25, 0.3) is 0 Å². The van der Waals surface area contributed by atoms with Gasteiger partial charge in [0, 0.05) is 21.5 Å². The van der Waals surface area contributed by atoms with Crippen LogP contribution >= 0.6 is 27.3 Å². The molecule has 1 aliphatic heterocycles. The first-order valence-electron chi connectivity index (χ1n) is 8.97. The maximum atomic E-state index is 13.4. The molecular weight excluding hydrogens is 438 g/mol. The van der Waals surface area contributed by atoms with Crippen LogP contribution in [0.15, 0.2) is 58.4 Å². The summed E-state index contributed by atoms with van der Waals surface area (Å²) in [4.78, 5) is 16.5. The molecule has 1 atom stereocenters. The number of methoxy groups -OCH3 is 2. The van der Waals surface area contributed by atoms with E-state index in [1.165, 1.54) is 5.56 Å². The number of nitrogens with zero attached hydrogens (tertiary/aromatic N) is 1. The van der Waals surface area contributed by atoms with E-state index in [1.54, 1.807) is 25.6 Å². The van der Waals surface area contributed by atoms with Crippen molar-refractivity contribution in [3.63, 3.8) is 0 Å². The minimum Gasteiger partial charge on any atom is -0.493 e. The van der Waals surface area contributed by atoms with E-state index in [9.17, 15) is 4.79 Å². The van der Waals surface area contributed by atoms with Crippen LogP contribution in [0.1, 0.15) is 32.4 Å². The predicted octanol–water partition coefficient (Wildman–Crippen LogP) is 5.32. The van der Waals surface area contributed by atoms with Crippen molar-refractivity contribution < 1.29 is 14.3 Å². The number of rotatable bonds is 4. The van der Waals surface area contributed by atoms with Crippen molar-refractivity contribution >= 4 is 33.2 Å². The largest absolute Gasteiger partial charge is 0.493 e. The van der Waals surface area contributed by atoms with Gasteiger partial charge in [-0.2, -0.15) is 0 Å². The maximum Gasteiger partial charge on any atom is 0.254 e. The molecule has 1 unspecified atom stereocenters. The highest BCUT2D eigenvalue weighted by Gasteiger charge is 2.34. The van der Waals surface area contributed by atoms with Crippen LogP contribution in [0, 0.1) is 0 Å². The molecule has 0 saturated heterocycles. The lowest BCUT2D eigenvalue weighted by molar-refractivity contribution is 0.0697. The van der Waals surface area contributed by atoms with Gasteiger partial charge in [0.2, 0.25) is 0 Å². The standard InChI is InChI=1S/C22H20BrNO3S/c1-26-18-12-14-8-9-24(22(25)15-5-3-6-16(23)11-15)21(20-7-4-10-28-20)17(14)13-19(18)27-2/h3-7,10-13,21H,8-9H2,1-2H3. The molecular formula is C22H20BrNO3S. The highest BCUT2D eigenvalue weighted by atomic mass is 79.9. The smallest absolute Gasteiger partial charge is 0.254 e. The Morgan fingerprint density at radius 3 is 2.57 bits per heavy atom. The van der Waals surface area contributed by atoms with Crippen LogP contribution < -0.4 is 9.47 Å². The van der Waals surface area contributed by atoms with Gasteiger partial charge in [0.05, 0.1) is 20.3 Å². The molecule has 1 amide bonds. The molecule has 2 aromatic carbocycles. The van der Waals surface area contributed by atoms with Crippen LogP contribution in [0.2, 0.25) is 0 Å². The third-order valence-electron chi connectivity index (χ3n) is 5.02. The van der Waals surface area contributed by atoms with E-state index in [1.807, 2.05) is 52.7 Å². The van der Waals surface area contributed by atoms with Gasteiger partial charge in [0.15, 0.2) is 11.5 Å². The van der Waals surface area contributed by atoms with Gasteiger partial charge in [-0.25, -0.2) is 0 Å². The second-order valence-corrected chi connectivity index (χ2v) is 8.48. The number of thiophene rings is 1. The Morgan fingerprint density at radius 2 is 1.89 bits per heavy atom. The molecule has 0 aliphatic carbocycles. The van der Waals surface area contributed by atoms with E-state index >= 15 is 0 Å². The van der Waals surface area contributed by atoms with E-state index in [0.717, 1.165) is 27.1 Å². The lowest BCUT2D eigenvalue weighted by atomic mass is 9.90. The molecule has 0 fully saturated rings. The topological polar surface area (TPSA) is 38.8 Å². The van der Waals surface area contributed by atoms with Gasteiger partial charge in [0.25, 0.3) is 5.91 Å². The summed E-state index contributed by atoms with van der Waals surface area (Å²) < 4.78 is 11.9. The van der Waals surface area contributed by atoms with E-state index in [-0.39, 0.29) is 11.9 Å². The van der Waals surface area contributed by atoms with E-state index in [0.29, 0.717) is 17.9 Å². The number of carbonyl (C=O) groups excluding carboxylic acids is 1. The summed E-state index contributed by atoms with van der Waals surface area (Å²) in [5, 5.41) is 2.05. The average molecular weight is 458 g/mol. The molecule has 4 rings (SSSR count). The molecule has 144 valence electrons. The summed E-state index contributed by atoms with van der Waals surface area (Å²) in [5.41, 5.74) is 2.96. The first-order chi connectivity index (χ1) is 13.6. The number of hydrogen-bond donors (Lipinski definition) is 0. The molecule has 0 radical (unpaired) electrons. The molecule has 28 heavy (non-hydrogen) atoms. The van der Waals surface area contributed by atoms with Crippen LogP contribution in [-0.4, -0.2) is 31.6 Å². The molecule has 0 saturated carbocycles. The van der Waals surface area contributed by atoms with E-state index in [2.05, 4.69) is 22.0 Å². The third kappa shape index (κ3) is 3.42. The van der Waals surface area contributed by atoms with Gasteiger partial charge in [-0.1, -0.05) is 28.1 Å². The van der Waals surface area contributed by atoms with Crippen molar-refractivity contribution in [2.24, 2.45) is 0 Å². The molecule has 4 nitrogen and oxygen atoms in total. The van der Waals surface area contributed by atoms with Crippen molar-refractivity contribution in [3.8, 4) is 11.5 Å². The Hall–Kier alpha value is -2.31. The molecule has 2 heterocycles. The van der Waals surface area contributed by atoms with Gasteiger partial charge in [-0.05, 0) is 59.3 Å². The van der Waals surface area contributed by atoms with Crippen molar-refractivity contribution in [2.75, 3.05) is 20.8 Å². The highest BCUT2D eigenvalue weighted by Crippen LogP contribution is 2.42. The van der Waals surface area contributed by atoms with Crippen molar-refractivity contribution in [1.29, 1.82) is 0 Å². The van der Waals surface area contributed by atoms with Crippen LogP contribution in [0.5, 0.6) is 11.5 Å². The summed E-state index contributed by atoms with van der Waals surface area (Å²) in [5.74, 6) is 1.43. The maximum absolute atomic E-state index is 13.4. The number of amides is 1. The van der Waals surface area contributed by atoms with E-state index in [4.69, 9.17) is 9.47 Å². The van der Waals surface area contributed by atoms with Gasteiger partial charge in [-0.15, -0.1) is 11.3 Å². The summed E-state index contributed by atoms with van der Waals surface area (Å²) in [7, 11) is 3.28. The second-order valence-electron chi connectivity index (χ2n) is 6.58. The minimum atomic E-state index is -0.143. The van der Waals surface area contributed by atoms with E-state index < -0.39 is 0 Å². The fraction of sp³-hybridized carbons (Fsp3) is 0.227. The second kappa shape index (κ2) is 7.97. The van der Waals surface area contributed by atoms with Gasteiger partial charge in [0.1, 0.15) is 0 Å². The van der Waals surface area contributed by atoms with Crippen molar-refractivity contribution in [2.45, 2.75) is 12.5 Å². The summed E-state index contributed by atoms with van der Waals surface area (Å²) in [6, 6.07) is 15.6. The lowest BCUT2D eigenvalue weighted by Crippen LogP contribution is -2.40. The fourth-order valence-electron chi connectivity index (χ4n) is 3.71. The molecule has 1 aliphatic rings. The molecule has 0 N–H and O–H groups in total. The number of fused-ring (bicyclic) bond motifs is 1. The quantitative estimate of drug-likeness (QED) is 0.532. The Bertz CT molecular complexity index is 1000. The first kappa shape index (κ1) is 19.0. The Labute approximate surface area is 176 Å². The van der Waals surface area contributed by atoms with Gasteiger partial charge < -0.3 is 14.4 Å². The molecule has 3 aromatic rings. The van der Waals surface area contributed by atoms with Crippen LogP contribution in [0.4, 0.5) is 0 Å². The zero-order valence-corrected chi connectivity index (χ0v) is 18.0. The number of halogens is 1.